The fourth-order valence-corrected chi connectivity index (χ4v) is 4.94. The van der Waals surface area contributed by atoms with E-state index in [0.717, 1.165) is 11.4 Å². The zero-order valence-electron chi connectivity index (χ0n) is 18.2. The molecule has 0 radical (unpaired) electrons. The summed E-state index contributed by atoms with van der Waals surface area (Å²) in [6, 6.07) is 14.6. The van der Waals surface area contributed by atoms with Crippen LogP contribution in [0.1, 0.15) is 6.92 Å². The zero-order chi connectivity index (χ0) is 24.0. The number of amides is 1. The molecule has 0 saturated carbocycles. The van der Waals surface area contributed by atoms with E-state index in [1.54, 1.807) is 30.6 Å². The molecule has 0 aliphatic carbocycles. The number of benzene rings is 1. The van der Waals surface area contributed by atoms with Gasteiger partial charge < -0.3 is 5.32 Å². The van der Waals surface area contributed by atoms with Gasteiger partial charge in [0.25, 0.3) is 15.8 Å². The maximum atomic E-state index is 12.5. The van der Waals surface area contributed by atoms with Crippen molar-refractivity contribution >= 4 is 39.2 Å². The number of aromatic nitrogens is 5. The second kappa shape index (κ2) is 10.4. The Morgan fingerprint density at radius 1 is 1.06 bits per heavy atom. The summed E-state index contributed by atoms with van der Waals surface area (Å²) in [7, 11) is -3.78. The average molecular weight is 497 g/mol. The lowest BCUT2D eigenvalue weighted by Crippen LogP contribution is -2.35. The van der Waals surface area contributed by atoms with Crippen molar-refractivity contribution in [2.45, 2.75) is 23.5 Å². The van der Waals surface area contributed by atoms with Crippen LogP contribution in [0.5, 0.6) is 0 Å². The third kappa shape index (κ3) is 5.58. The quantitative estimate of drug-likeness (QED) is 0.240. The van der Waals surface area contributed by atoms with E-state index in [9.17, 15) is 13.2 Å². The fourth-order valence-electron chi connectivity index (χ4n) is 3.12. The van der Waals surface area contributed by atoms with Crippen LogP contribution in [-0.2, 0) is 21.4 Å². The maximum absolute atomic E-state index is 12.5. The van der Waals surface area contributed by atoms with Crippen LogP contribution >= 0.6 is 11.8 Å². The molecule has 1 aromatic carbocycles. The van der Waals surface area contributed by atoms with Crippen molar-refractivity contribution in [3.05, 3.63) is 73.2 Å². The molecule has 3 heterocycles. The molecule has 0 unspecified atom stereocenters. The minimum absolute atomic E-state index is 0.0645. The standard InChI is InChI=1S/C22H21N7O3S2/c1-2-29-21(16-10-13-23-14-11-16)26-27-22(29)33-15-20(30)25-17-6-8-18(9-7-17)34(31,32)28-19-5-3-4-12-24-19/h3-14H,2,15H2,1H3,(H2,24,25,28,30)/p+1. The number of carbonyl (C=O) groups excluding carboxylic acids is 1. The first kappa shape index (κ1) is 23.4. The zero-order valence-corrected chi connectivity index (χ0v) is 19.8. The first-order valence-corrected chi connectivity index (χ1v) is 12.8. The summed E-state index contributed by atoms with van der Waals surface area (Å²) in [6.07, 6.45) is 4.92. The van der Waals surface area contributed by atoms with Gasteiger partial charge >= 0.3 is 5.16 Å². The largest absolute Gasteiger partial charge is 0.337 e. The molecule has 0 spiro atoms. The van der Waals surface area contributed by atoms with Gasteiger partial charge in [-0.25, -0.2) is 18.0 Å². The summed E-state index contributed by atoms with van der Waals surface area (Å²) in [4.78, 5) is 20.5. The fraction of sp³-hybridized carbons (Fsp3) is 0.136. The van der Waals surface area contributed by atoms with E-state index >= 15 is 0 Å². The van der Waals surface area contributed by atoms with Crippen LogP contribution in [0.2, 0.25) is 0 Å². The Balaban J connectivity index is 1.36. The van der Waals surface area contributed by atoms with Crippen molar-refractivity contribution in [2.24, 2.45) is 0 Å². The van der Waals surface area contributed by atoms with Crippen LogP contribution in [-0.4, -0.2) is 40.2 Å². The van der Waals surface area contributed by atoms with Crippen LogP contribution < -0.4 is 14.6 Å². The number of nitrogens with zero attached hydrogens (tertiary/aromatic N) is 4. The molecule has 0 saturated heterocycles. The number of hydrogen-bond donors (Lipinski definition) is 3. The molecule has 4 rings (SSSR count). The number of rotatable bonds is 9. The average Bonchev–Trinajstić information content (AvgIpc) is 3.27. The Labute approximate surface area is 200 Å². The molecule has 0 atom stereocenters. The minimum atomic E-state index is -3.78. The number of hydrogen-bond acceptors (Lipinski definition) is 7. The maximum Gasteiger partial charge on any atom is 0.337 e. The second-order valence-corrected chi connectivity index (χ2v) is 9.64. The van der Waals surface area contributed by atoms with Gasteiger partial charge in [0.1, 0.15) is 5.82 Å². The summed E-state index contributed by atoms with van der Waals surface area (Å²) >= 11 is 1.30. The highest BCUT2D eigenvalue weighted by atomic mass is 32.2. The van der Waals surface area contributed by atoms with E-state index in [0.29, 0.717) is 17.4 Å². The van der Waals surface area contributed by atoms with Gasteiger partial charge in [-0.15, -0.1) is 5.10 Å². The summed E-state index contributed by atoms with van der Waals surface area (Å²) in [5.41, 5.74) is 1.44. The van der Waals surface area contributed by atoms with Crippen LogP contribution in [0.4, 0.5) is 11.5 Å². The Morgan fingerprint density at radius 2 is 1.82 bits per heavy atom. The molecule has 34 heavy (non-hydrogen) atoms. The van der Waals surface area contributed by atoms with Gasteiger partial charge in [0.05, 0.1) is 27.9 Å². The molecule has 0 bridgehead atoms. The SMILES string of the molecule is CC[n+]1c(SCC(=O)Nc2ccc(S(=O)(=O)Nc3ccccn3)cc2)n[nH]c1-c1ccncc1. The molecule has 3 N–H and O–H groups in total. The van der Waals surface area contributed by atoms with E-state index in [-0.39, 0.29) is 22.4 Å². The van der Waals surface area contributed by atoms with Crippen molar-refractivity contribution in [3.8, 4) is 11.4 Å². The summed E-state index contributed by atoms with van der Waals surface area (Å²) in [5.74, 6) is 0.973. The van der Waals surface area contributed by atoms with Crippen molar-refractivity contribution in [1.82, 2.24) is 20.2 Å². The number of nitrogens with one attached hydrogen (secondary N) is 3. The number of anilines is 2. The number of carbonyl (C=O) groups is 1. The second-order valence-electron chi connectivity index (χ2n) is 7.02. The van der Waals surface area contributed by atoms with Crippen molar-refractivity contribution in [1.29, 1.82) is 0 Å². The topological polar surface area (TPSA) is 134 Å². The number of aromatic amines is 1. The third-order valence-electron chi connectivity index (χ3n) is 4.71. The number of H-pyrrole nitrogens is 1. The normalized spacial score (nSPS) is 11.2. The van der Waals surface area contributed by atoms with E-state index < -0.39 is 10.0 Å². The van der Waals surface area contributed by atoms with Gasteiger partial charge in [-0.2, -0.15) is 0 Å². The molecule has 4 aromatic rings. The van der Waals surface area contributed by atoms with Gasteiger partial charge in [-0.05, 0) is 67.2 Å². The molecular weight excluding hydrogens is 474 g/mol. The Morgan fingerprint density at radius 3 is 2.50 bits per heavy atom. The first-order valence-electron chi connectivity index (χ1n) is 10.3. The predicted molar refractivity (Wildman–Crippen MR) is 129 cm³/mol. The van der Waals surface area contributed by atoms with Gasteiger partial charge in [0.2, 0.25) is 5.91 Å². The van der Waals surface area contributed by atoms with Crippen molar-refractivity contribution in [3.63, 3.8) is 0 Å². The lowest BCUT2D eigenvalue weighted by molar-refractivity contribution is -0.719. The highest BCUT2D eigenvalue weighted by Gasteiger charge is 2.22. The number of thioether (sulfide) groups is 1. The number of sulfonamides is 1. The van der Waals surface area contributed by atoms with Gasteiger partial charge in [0.15, 0.2) is 0 Å². The lowest BCUT2D eigenvalue weighted by Gasteiger charge is -2.08. The highest BCUT2D eigenvalue weighted by Crippen LogP contribution is 2.19. The highest BCUT2D eigenvalue weighted by molar-refractivity contribution is 7.99. The van der Waals surface area contributed by atoms with Gasteiger partial charge in [-0.1, -0.05) is 6.07 Å². The molecule has 1 amide bonds. The van der Waals surface area contributed by atoms with Crippen LogP contribution in [0.25, 0.3) is 11.4 Å². The Kier molecular flexibility index (Phi) is 7.18. The lowest BCUT2D eigenvalue weighted by atomic mass is 10.2. The summed E-state index contributed by atoms with van der Waals surface area (Å²) in [6.45, 7) is 2.68. The van der Waals surface area contributed by atoms with E-state index in [1.165, 1.54) is 42.2 Å². The molecule has 0 aliphatic rings. The molecule has 10 nitrogen and oxygen atoms in total. The molecule has 0 aliphatic heterocycles. The van der Waals surface area contributed by atoms with Gasteiger partial charge in [0, 0.05) is 24.3 Å². The molecule has 0 fully saturated rings. The van der Waals surface area contributed by atoms with Gasteiger partial charge in [-0.3, -0.25) is 14.5 Å². The molecule has 12 heteroatoms. The smallest absolute Gasteiger partial charge is 0.325 e. The van der Waals surface area contributed by atoms with Crippen LogP contribution in [0, 0.1) is 0 Å². The minimum Gasteiger partial charge on any atom is -0.325 e. The van der Waals surface area contributed by atoms with E-state index in [4.69, 9.17) is 0 Å². The predicted octanol–water partition coefficient (Wildman–Crippen LogP) is 2.71. The van der Waals surface area contributed by atoms with Crippen molar-refractivity contribution in [2.75, 3.05) is 15.8 Å². The first-order chi connectivity index (χ1) is 16.5. The van der Waals surface area contributed by atoms with E-state index in [1.807, 2.05) is 23.6 Å². The summed E-state index contributed by atoms with van der Waals surface area (Å²) < 4.78 is 29.4. The Hall–Kier alpha value is -3.77. The number of pyridine rings is 2. The Bertz CT molecular complexity index is 1360. The molecular formula is C22H22N7O3S2+. The van der Waals surface area contributed by atoms with Crippen LogP contribution in [0.3, 0.4) is 0 Å². The molecule has 3 aromatic heterocycles. The van der Waals surface area contributed by atoms with Crippen molar-refractivity contribution < 1.29 is 17.8 Å². The van der Waals surface area contributed by atoms with Crippen LogP contribution in [0.15, 0.2) is 83.2 Å². The monoisotopic (exact) mass is 496 g/mol. The van der Waals surface area contributed by atoms with E-state index in [2.05, 4.69) is 30.2 Å². The molecule has 174 valence electrons. The summed E-state index contributed by atoms with van der Waals surface area (Å²) in [5, 5.41) is 10.8. The third-order valence-corrected chi connectivity index (χ3v) is 7.06.